The molecular formula is C96H102F2N16O12. The summed E-state index contributed by atoms with van der Waals surface area (Å²) >= 11 is 0. The summed E-state index contributed by atoms with van der Waals surface area (Å²) in [4.78, 5) is 105. The van der Waals surface area contributed by atoms with Crippen LogP contribution in [0.5, 0.6) is 23.0 Å². The zero-order valence-corrected chi connectivity index (χ0v) is 73.2. The molecule has 16 rings (SSSR count). The van der Waals surface area contributed by atoms with Gasteiger partial charge in [-0.3, -0.25) is 57.1 Å². The molecule has 8 heterocycles. The van der Waals surface area contributed by atoms with Crippen LogP contribution in [-0.4, -0.2) is 138 Å². The van der Waals surface area contributed by atoms with Crippen molar-refractivity contribution < 1.29 is 66.1 Å². The number of benzene rings is 8. The third-order valence-corrected chi connectivity index (χ3v) is 23.1. The largest absolute Gasteiger partial charge is 0.497 e. The lowest BCUT2D eigenvalue weighted by Crippen LogP contribution is -2.50. The summed E-state index contributed by atoms with van der Waals surface area (Å²) in [5.41, 5.74) is 16.5. The Hall–Kier alpha value is -14.6. The number of hydrogen-bond acceptors (Lipinski definition) is 16. The molecule has 0 bridgehead atoms. The van der Waals surface area contributed by atoms with Gasteiger partial charge in [-0.2, -0.15) is 20.4 Å². The van der Waals surface area contributed by atoms with Crippen LogP contribution in [0.1, 0.15) is 181 Å². The van der Waals surface area contributed by atoms with Crippen molar-refractivity contribution in [1.82, 2.24) is 60.4 Å². The van der Waals surface area contributed by atoms with E-state index in [1.807, 2.05) is 147 Å². The predicted molar refractivity (Wildman–Crippen MR) is 474 cm³/mol. The Balaban J connectivity index is 0.000000144. The number of amides is 8. The number of methoxy groups -OCH3 is 3. The van der Waals surface area contributed by atoms with Gasteiger partial charge in [0.15, 0.2) is 23.1 Å². The maximum Gasteiger partial charge on any atom is 0.251 e. The number of rotatable bonds is 19. The Bertz CT molecular complexity index is 6170. The van der Waals surface area contributed by atoms with Crippen LogP contribution in [0.4, 0.5) is 32.1 Å². The van der Waals surface area contributed by atoms with Crippen LogP contribution in [0.2, 0.25) is 0 Å². The maximum atomic E-state index is 14.0. The molecule has 0 saturated heterocycles. The van der Waals surface area contributed by atoms with E-state index < -0.39 is 65.4 Å². The monoisotopic (exact) mass is 1710 g/mol. The topological polar surface area (TPSA) is 341 Å². The van der Waals surface area contributed by atoms with E-state index in [0.717, 1.165) is 103 Å². The number of fused-ring (bicyclic) bond motifs is 4. The number of carbonyl (C=O) groups is 8. The van der Waals surface area contributed by atoms with Gasteiger partial charge in [0.05, 0.1) is 50.7 Å². The van der Waals surface area contributed by atoms with Gasteiger partial charge in [-0.15, -0.1) is 0 Å². The Morgan fingerprint density at radius 1 is 0.365 bits per heavy atom. The highest BCUT2D eigenvalue weighted by Gasteiger charge is 2.46. The van der Waals surface area contributed by atoms with Gasteiger partial charge in [-0.05, 0) is 193 Å². The first kappa shape index (κ1) is 89.2. The fourth-order valence-corrected chi connectivity index (χ4v) is 16.8. The fraction of sp³-hybridized carbons (Fsp3) is 0.292. The quantitative estimate of drug-likeness (QED) is 0.0373. The summed E-state index contributed by atoms with van der Waals surface area (Å²) < 4.78 is 56.1. The number of nitrogens with one attached hydrogen (secondary N) is 8. The molecule has 0 spiro atoms. The number of nitrogens with zero attached hydrogens (tertiary/aromatic N) is 8. The number of ether oxygens (including phenoxy) is 4. The molecule has 4 aliphatic heterocycles. The molecule has 4 aliphatic rings. The number of carbonyl (C=O) groups excluding carboxylic acids is 8. The van der Waals surface area contributed by atoms with E-state index in [0.29, 0.717) is 86.2 Å². The van der Waals surface area contributed by atoms with Gasteiger partial charge in [0, 0.05) is 96.4 Å². The first-order chi connectivity index (χ1) is 60.3. The molecule has 4 aromatic heterocycles. The maximum absolute atomic E-state index is 14.0. The molecule has 0 saturated carbocycles. The lowest BCUT2D eigenvalue weighted by molar-refractivity contribution is -0.119. The van der Waals surface area contributed by atoms with Gasteiger partial charge < -0.3 is 61.5 Å². The van der Waals surface area contributed by atoms with Gasteiger partial charge in [0.2, 0.25) is 23.6 Å². The van der Waals surface area contributed by atoms with Crippen molar-refractivity contribution in [2.45, 2.75) is 130 Å². The minimum absolute atomic E-state index is 0.257. The van der Waals surface area contributed by atoms with Crippen LogP contribution in [0, 0.1) is 60.1 Å². The van der Waals surface area contributed by atoms with E-state index in [4.69, 9.17) is 18.9 Å². The Morgan fingerprint density at radius 3 is 1.13 bits per heavy atom. The second-order valence-electron chi connectivity index (χ2n) is 31.4. The van der Waals surface area contributed by atoms with E-state index in [1.165, 1.54) is 16.3 Å². The van der Waals surface area contributed by atoms with E-state index in [2.05, 4.69) is 82.0 Å². The van der Waals surface area contributed by atoms with Crippen LogP contribution in [-0.2, 0) is 60.2 Å². The average molecular weight is 1710 g/mol. The van der Waals surface area contributed by atoms with Crippen LogP contribution in [0.3, 0.4) is 0 Å². The standard InChI is InChI=1S/C26H30N4O3.C25H28N4O4.C23H24N4O3.C22H20F2N4O2/c1-6-16-8-10-18(11-9-16)22-21-15(3)29-30(4)24(21)28-26(32)23(22)27-25(31)19-12-13-20(33-5)17(7-2)14-19;1-6-33-18-12-11-17(13-19(18)32-5)21-20-15(3)28-29(4)23(20)27-25(31)22(21)26-24(30)16-9-7-14(2)8-10-16;1-13-7-5-9-16(11-13)22(28)24-20-19(15-8-6-10-17(12-15)30-4)18-14(2)26-27(3)21(18)25-23(20)29;1-11-4-6-13(7-5-11)21(29)25-19-18(14-8-9-15(23)16(24)10-14)17-12(2)27-28(3)20(17)26-22(19)30/h8-14,22-23H,6-7H2,1-5H3,(H,27,31)(H,28,32);7-13,21-22H,6H2,1-5H3,(H,26,30)(H,27,31);5-12,19-20H,1-4H3,(H,24,28)(H,25,29);4-10,18-19H,1-3H3,(H,25,29)(H,26,30)/t22-,23-;21-,22-;19-,20-;18-,19-/m1111/s1. The highest BCUT2D eigenvalue weighted by molar-refractivity contribution is 6.07. The summed E-state index contributed by atoms with van der Waals surface area (Å²) in [6.45, 7) is 19.8. The zero-order valence-electron chi connectivity index (χ0n) is 73.2. The van der Waals surface area contributed by atoms with Gasteiger partial charge in [-0.25, -0.2) is 8.78 Å². The predicted octanol–water partition coefficient (Wildman–Crippen LogP) is 13.2. The molecule has 0 radical (unpaired) electrons. The van der Waals surface area contributed by atoms with E-state index in [9.17, 15) is 47.1 Å². The lowest BCUT2D eigenvalue weighted by atomic mass is 9.81. The summed E-state index contributed by atoms with van der Waals surface area (Å²) in [6, 6.07) is 48.2. The Morgan fingerprint density at radius 2 is 0.738 bits per heavy atom. The summed E-state index contributed by atoms with van der Waals surface area (Å²) in [6.07, 6.45) is 1.67. The molecule has 12 aromatic rings. The van der Waals surface area contributed by atoms with Crippen molar-refractivity contribution in [1.29, 1.82) is 0 Å². The number of halogens is 2. The van der Waals surface area contributed by atoms with Crippen molar-refractivity contribution in [3.05, 3.63) is 305 Å². The van der Waals surface area contributed by atoms with Gasteiger partial charge >= 0.3 is 0 Å². The SMILES string of the molecule is CCOc1ccc([C@@H]2c3c(C)nn(C)c3NC(=O)[C@@H]2NC(=O)c2ccc(C)cc2)cc1OC.CCc1ccc([C@@H]2c3c(C)nn(C)c3NC(=O)[C@@H]2NC(=O)c2ccc(OC)c(CC)c2)cc1.COc1cccc([C@@H]2c3c(C)nn(C)c3NC(=O)[C@@H]2NC(=O)c2cccc(C)c2)c1.Cc1ccc(C(=O)N[C@H]2C(=O)Nc3c(c(C)nn3C)[C@H]2c2ccc(F)c(F)c2)cc1. The van der Waals surface area contributed by atoms with E-state index in [-0.39, 0.29) is 41.4 Å². The third kappa shape index (κ3) is 18.5. The summed E-state index contributed by atoms with van der Waals surface area (Å²) in [5, 5.41) is 41.1. The number of hydrogen-bond donors (Lipinski definition) is 8. The molecule has 8 amide bonds. The van der Waals surface area contributed by atoms with Crippen molar-refractivity contribution in [2.75, 3.05) is 49.2 Å². The van der Waals surface area contributed by atoms with Crippen molar-refractivity contribution in [3.8, 4) is 23.0 Å². The molecule has 0 aliphatic carbocycles. The van der Waals surface area contributed by atoms with E-state index >= 15 is 0 Å². The van der Waals surface area contributed by atoms with Gasteiger partial charge in [-0.1, -0.05) is 115 Å². The summed E-state index contributed by atoms with van der Waals surface area (Å²) in [7, 11) is 11.9. The van der Waals surface area contributed by atoms with Crippen LogP contribution < -0.4 is 61.5 Å². The van der Waals surface area contributed by atoms with Crippen LogP contribution in [0.15, 0.2) is 176 Å². The second kappa shape index (κ2) is 38.0. The van der Waals surface area contributed by atoms with E-state index in [1.54, 1.807) is 124 Å². The minimum atomic E-state index is -1.03. The highest BCUT2D eigenvalue weighted by atomic mass is 19.2. The Kier molecular flexibility index (Phi) is 26.9. The molecule has 8 atom stereocenters. The fourth-order valence-electron chi connectivity index (χ4n) is 16.8. The molecular weight excluding hydrogens is 1610 g/mol. The second-order valence-corrected chi connectivity index (χ2v) is 31.4. The molecule has 126 heavy (non-hydrogen) atoms. The Labute approximate surface area is 728 Å². The first-order valence-electron chi connectivity index (χ1n) is 41.3. The lowest BCUT2D eigenvalue weighted by Gasteiger charge is -2.33. The average Bonchev–Trinajstić information content (AvgIpc) is 1.59. The number of aryl methyl sites for hydroxylation is 13. The summed E-state index contributed by atoms with van der Waals surface area (Å²) in [5.74, 6) is -1.57. The molecule has 28 nitrogen and oxygen atoms in total. The van der Waals surface area contributed by atoms with Gasteiger partial charge in [0.25, 0.3) is 23.6 Å². The molecule has 30 heteroatoms. The molecule has 0 fully saturated rings. The normalized spacial score (nSPS) is 17.5. The first-order valence-corrected chi connectivity index (χ1v) is 41.3. The molecule has 652 valence electrons. The molecule has 8 N–H and O–H groups in total. The molecule has 8 aromatic carbocycles. The third-order valence-electron chi connectivity index (χ3n) is 23.1. The van der Waals surface area contributed by atoms with Crippen LogP contribution >= 0.6 is 0 Å². The van der Waals surface area contributed by atoms with Crippen molar-refractivity contribution in [2.24, 2.45) is 28.2 Å². The van der Waals surface area contributed by atoms with Gasteiger partial charge in [0.1, 0.15) is 58.9 Å². The number of anilines is 4. The van der Waals surface area contributed by atoms with Crippen LogP contribution in [0.25, 0.3) is 0 Å². The van der Waals surface area contributed by atoms with Crippen molar-refractivity contribution >= 4 is 70.5 Å². The minimum Gasteiger partial charge on any atom is -0.497 e. The molecule has 0 unspecified atom stereocenters. The van der Waals surface area contributed by atoms with Crippen molar-refractivity contribution in [3.63, 3.8) is 0 Å². The highest BCUT2D eigenvalue weighted by Crippen LogP contribution is 2.46. The zero-order chi connectivity index (χ0) is 90.4. The smallest absolute Gasteiger partial charge is 0.251 e. The number of aromatic nitrogens is 8.